The molecule has 1 fully saturated rings. The van der Waals surface area contributed by atoms with Crippen molar-refractivity contribution < 1.29 is 9.21 Å². The quantitative estimate of drug-likeness (QED) is 0.802. The van der Waals surface area contributed by atoms with E-state index >= 15 is 0 Å². The number of rotatable bonds is 5. The van der Waals surface area contributed by atoms with E-state index in [1.54, 1.807) is 6.26 Å². The van der Waals surface area contributed by atoms with Crippen LogP contribution in [-0.2, 0) is 11.3 Å². The van der Waals surface area contributed by atoms with E-state index in [9.17, 15) is 4.79 Å². The molecule has 3 N–H and O–H groups in total. The van der Waals surface area contributed by atoms with Gasteiger partial charge in [0.1, 0.15) is 5.76 Å². The zero-order valence-corrected chi connectivity index (χ0v) is 10.8. The van der Waals surface area contributed by atoms with Crippen LogP contribution >= 0.6 is 0 Å². The summed E-state index contributed by atoms with van der Waals surface area (Å²) in [4.78, 5) is 14.2. The van der Waals surface area contributed by atoms with Crippen molar-refractivity contribution in [3.63, 3.8) is 0 Å². The minimum absolute atomic E-state index is 0.0454. The highest BCUT2D eigenvalue weighted by atomic mass is 16.3. The summed E-state index contributed by atoms with van der Waals surface area (Å²) in [5, 5.41) is 2.89. The molecule has 1 aliphatic rings. The summed E-state index contributed by atoms with van der Waals surface area (Å²) >= 11 is 0. The van der Waals surface area contributed by atoms with Crippen LogP contribution in [0, 0.1) is 5.92 Å². The molecule has 0 saturated carbocycles. The Labute approximate surface area is 107 Å². The highest BCUT2D eigenvalue weighted by molar-refractivity contribution is 5.81. The van der Waals surface area contributed by atoms with Gasteiger partial charge in [0, 0.05) is 6.54 Å². The van der Waals surface area contributed by atoms with E-state index < -0.39 is 0 Å². The van der Waals surface area contributed by atoms with Gasteiger partial charge in [0.2, 0.25) is 5.91 Å². The van der Waals surface area contributed by atoms with E-state index in [0.717, 1.165) is 25.3 Å². The molecule has 5 nitrogen and oxygen atoms in total. The fourth-order valence-corrected chi connectivity index (χ4v) is 2.31. The van der Waals surface area contributed by atoms with Crippen molar-refractivity contribution in [2.75, 3.05) is 19.6 Å². The Morgan fingerprint density at radius 3 is 3.17 bits per heavy atom. The second-order valence-corrected chi connectivity index (χ2v) is 4.86. The zero-order chi connectivity index (χ0) is 13.0. The maximum absolute atomic E-state index is 12.0. The summed E-state index contributed by atoms with van der Waals surface area (Å²) in [6.45, 7) is 4.97. The van der Waals surface area contributed by atoms with Crippen LogP contribution in [0.3, 0.4) is 0 Å². The lowest BCUT2D eigenvalue weighted by molar-refractivity contribution is -0.125. The topological polar surface area (TPSA) is 71.5 Å². The van der Waals surface area contributed by atoms with Crippen LogP contribution in [0.1, 0.15) is 19.1 Å². The molecule has 0 spiro atoms. The van der Waals surface area contributed by atoms with Gasteiger partial charge in [-0.1, -0.05) is 0 Å². The molecule has 1 amide bonds. The van der Waals surface area contributed by atoms with Gasteiger partial charge in [-0.3, -0.25) is 9.69 Å². The van der Waals surface area contributed by atoms with Crippen LogP contribution in [0.25, 0.3) is 0 Å². The lowest BCUT2D eigenvalue weighted by Gasteiger charge is -2.23. The number of amides is 1. The molecule has 0 aliphatic carbocycles. The first-order chi connectivity index (χ1) is 8.70. The third-order valence-corrected chi connectivity index (χ3v) is 3.59. The minimum atomic E-state index is -0.100. The van der Waals surface area contributed by atoms with Gasteiger partial charge in [-0.15, -0.1) is 0 Å². The molecule has 18 heavy (non-hydrogen) atoms. The van der Waals surface area contributed by atoms with E-state index in [4.69, 9.17) is 10.2 Å². The Balaban J connectivity index is 1.78. The standard InChI is InChI=1S/C13H21N3O2/c1-10(16-5-4-11(7-14)9-16)13(17)15-8-12-3-2-6-18-12/h2-3,6,10-11H,4-5,7-9,14H2,1H3,(H,15,17). The Kier molecular flexibility index (Phi) is 4.38. The third kappa shape index (κ3) is 3.11. The van der Waals surface area contributed by atoms with Crippen LogP contribution in [-0.4, -0.2) is 36.5 Å². The van der Waals surface area contributed by atoms with E-state index in [-0.39, 0.29) is 11.9 Å². The highest BCUT2D eigenvalue weighted by Crippen LogP contribution is 2.17. The van der Waals surface area contributed by atoms with E-state index in [1.165, 1.54) is 0 Å². The zero-order valence-electron chi connectivity index (χ0n) is 10.8. The number of likely N-dealkylation sites (tertiary alicyclic amines) is 1. The molecular formula is C13H21N3O2. The van der Waals surface area contributed by atoms with Crippen LogP contribution in [0.5, 0.6) is 0 Å². The van der Waals surface area contributed by atoms with Gasteiger partial charge in [-0.05, 0) is 44.5 Å². The number of nitrogens with one attached hydrogen (secondary N) is 1. The Morgan fingerprint density at radius 1 is 1.72 bits per heavy atom. The van der Waals surface area contributed by atoms with Gasteiger partial charge >= 0.3 is 0 Å². The van der Waals surface area contributed by atoms with Crippen LogP contribution in [0.4, 0.5) is 0 Å². The van der Waals surface area contributed by atoms with Gasteiger partial charge in [0.15, 0.2) is 0 Å². The Bertz CT molecular complexity index is 378. The van der Waals surface area contributed by atoms with Crippen molar-refractivity contribution in [3.05, 3.63) is 24.2 Å². The minimum Gasteiger partial charge on any atom is -0.467 e. The largest absolute Gasteiger partial charge is 0.467 e. The molecular weight excluding hydrogens is 230 g/mol. The second kappa shape index (κ2) is 6.02. The molecule has 1 saturated heterocycles. The first-order valence-corrected chi connectivity index (χ1v) is 6.45. The lowest BCUT2D eigenvalue weighted by atomic mass is 10.1. The van der Waals surface area contributed by atoms with E-state index in [2.05, 4.69) is 10.2 Å². The van der Waals surface area contributed by atoms with Crippen molar-refractivity contribution in [1.29, 1.82) is 0 Å². The monoisotopic (exact) mass is 251 g/mol. The van der Waals surface area contributed by atoms with Gasteiger partial charge in [-0.2, -0.15) is 0 Å². The van der Waals surface area contributed by atoms with E-state index in [0.29, 0.717) is 19.0 Å². The summed E-state index contributed by atoms with van der Waals surface area (Å²) in [7, 11) is 0. The van der Waals surface area contributed by atoms with E-state index in [1.807, 2.05) is 19.1 Å². The lowest BCUT2D eigenvalue weighted by Crippen LogP contribution is -2.44. The van der Waals surface area contributed by atoms with Crippen molar-refractivity contribution >= 4 is 5.91 Å². The van der Waals surface area contributed by atoms with Crippen LogP contribution in [0.2, 0.25) is 0 Å². The average molecular weight is 251 g/mol. The molecule has 5 heteroatoms. The maximum Gasteiger partial charge on any atom is 0.237 e. The molecule has 2 atom stereocenters. The predicted molar refractivity (Wildman–Crippen MR) is 68.8 cm³/mol. The maximum atomic E-state index is 12.0. The molecule has 2 heterocycles. The van der Waals surface area contributed by atoms with Crippen molar-refractivity contribution in [2.45, 2.75) is 25.9 Å². The number of nitrogens with two attached hydrogens (primary N) is 1. The number of furan rings is 1. The summed E-state index contributed by atoms with van der Waals surface area (Å²) in [5.41, 5.74) is 5.66. The SMILES string of the molecule is CC(C(=O)NCc1ccco1)N1CCC(CN)C1. The molecule has 1 aliphatic heterocycles. The molecule has 0 bridgehead atoms. The van der Waals surface area contributed by atoms with Gasteiger partial charge < -0.3 is 15.5 Å². The van der Waals surface area contributed by atoms with Gasteiger partial charge in [-0.25, -0.2) is 0 Å². The number of hydrogen-bond acceptors (Lipinski definition) is 4. The second-order valence-electron chi connectivity index (χ2n) is 4.86. The van der Waals surface area contributed by atoms with Crippen LogP contribution in [0.15, 0.2) is 22.8 Å². The summed E-state index contributed by atoms with van der Waals surface area (Å²) < 4.78 is 5.18. The highest BCUT2D eigenvalue weighted by Gasteiger charge is 2.28. The molecule has 2 rings (SSSR count). The number of carbonyl (C=O) groups excluding carboxylic acids is 1. The molecule has 1 aromatic rings. The molecule has 1 aromatic heterocycles. The summed E-state index contributed by atoms with van der Waals surface area (Å²) in [6.07, 6.45) is 2.70. The average Bonchev–Trinajstić information content (AvgIpc) is 3.05. The van der Waals surface area contributed by atoms with Crippen molar-refractivity contribution in [3.8, 4) is 0 Å². The Morgan fingerprint density at radius 2 is 2.56 bits per heavy atom. The normalized spacial score (nSPS) is 22.0. The first kappa shape index (κ1) is 13.1. The smallest absolute Gasteiger partial charge is 0.237 e. The number of hydrogen-bond donors (Lipinski definition) is 2. The predicted octanol–water partition coefficient (Wildman–Crippen LogP) is 0.565. The molecule has 100 valence electrons. The van der Waals surface area contributed by atoms with Crippen molar-refractivity contribution in [2.24, 2.45) is 11.7 Å². The van der Waals surface area contributed by atoms with Crippen molar-refractivity contribution in [1.82, 2.24) is 10.2 Å². The first-order valence-electron chi connectivity index (χ1n) is 6.45. The molecule has 0 aromatic carbocycles. The summed E-state index contributed by atoms with van der Waals surface area (Å²) in [5.74, 6) is 1.35. The molecule has 0 radical (unpaired) electrons. The Hall–Kier alpha value is -1.33. The van der Waals surface area contributed by atoms with Gasteiger partial charge in [0.05, 0.1) is 18.8 Å². The molecule has 2 unspecified atom stereocenters. The summed E-state index contributed by atoms with van der Waals surface area (Å²) in [6, 6.07) is 3.57. The third-order valence-electron chi connectivity index (χ3n) is 3.59. The van der Waals surface area contributed by atoms with Gasteiger partial charge in [0.25, 0.3) is 0 Å². The number of nitrogens with zero attached hydrogens (tertiary/aromatic N) is 1. The fraction of sp³-hybridized carbons (Fsp3) is 0.615. The van der Waals surface area contributed by atoms with Crippen LogP contribution < -0.4 is 11.1 Å². The fourth-order valence-electron chi connectivity index (χ4n) is 2.31. The number of carbonyl (C=O) groups is 1.